The largest absolute Gasteiger partial charge is 0.497 e. The first-order valence-electron chi connectivity index (χ1n) is 8.72. The number of fused-ring (bicyclic) bond motifs is 1. The molecule has 1 amide bonds. The topological polar surface area (TPSA) is 71.6 Å². The number of nitrogens with zero attached hydrogens (tertiary/aromatic N) is 1. The van der Waals surface area contributed by atoms with E-state index in [0.29, 0.717) is 18.7 Å². The van der Waals surface area contributed by atoms with Crippen molar-refractivity contribution in [2.75, 3.05) is 20.3 Å². The van der Waals surface area contributed by atoms with Crippen LogP contribution in [0.25, 0.3) is 10.9 Å². The van der Waals surface area contributed by atoms with Gasteiger partial charge in [0.25, 0.3) is 11.5 Å². The Labute approximate surface area is 146 Å². The molecule has 1 N–H and O–H groups in total. The molecule has 1 aromatic carbocycles. The molecule has 0 saturated carbocycles. The summed E-state index contributed by atoms with van der Waals surface area (Å²) in [6.07, 6.45) is 2.13. The number of benzene rings is 1. The quantitative estimate of drug-likeness (QED) is 0.874. The minimum atomic E-state index is -0.369. The maximum atomic E-state index is 12.7. The van der Waals surface area contributed by atoms with Crippen molar-refractivity contribution in [2.45, 2.75) is 38.8 Å². The van der Waals surface area contributed by atoms with Gasteiger partial charge in [-0.15, -0.1) is 0 Å². The maximum absolute atomic E-state index is 12.7. The van der Waals surface area contributed by atoms with Crippen LogP contribution in [-0.2, 0) is 16.1 Å². The van der Waals surface area contributed by atoms with E-state index in [9.17, 15) is 9.59 Å². The summed E-state index contributed by atoms with van der Waals surface area (Å²) in [5.41, 5.74) is 1.15. The summed E-state index contributed by atoms with van der Waals surface area (Å²) in [6.45, 7) is 3.54. The minimum absolute atomic E-state index is 0.0236. The van der Waals surface area contributed by atoms with Gasteiger partial charge in [-0.05, 0) is 43.5 Å². The van der Waals surface area contributed by atoms with Crippen LogP contribution in [-0.4, -0.2) is 42.2 Å². The molecule has 0 aliphatic carbocycles. The maximum Gasteiger partial charge on any atom is 0.253 e. The number of rotatable bonds is 6. The predicted octanol–water partition coefficient (Wildman–Crippen LogP) is 2.45. The van der Waals surface area contributed by atoms with E-state index in [4.69, 9.17) is 9.47 Å². The van der Waals surface area contributed by atoms with Crippen molar-refractivity contribution >= 4 is 16.8 Å². The van der Waals surface area contributed by atoms with E-state index in [1.54, 1.807) is 12.0 Å². The molecule has 1 fully saturated rings. The Morgan fingerprint density at radius 3 is 2.92 bits per heavy atom. The third kappa shape index (κ3) is 3.85. The van der Waals surface area contributed by atoms with Gasteiger partial charge in [-0.2, -0.15) is 0 Å². The van der Waals surface area contributed by atoms with Crippen molar-refractivity contribution in [3.05, 3.63) is 40.2 Å². The van der Waals surface area contributed by atoms with Gasteiger partial charge in [-0.25, -0.2) is 0 Å². The van der Waals surface area contributed by atoms with Crippen LogP contribution in [0.3, 0.4) is 0 Å². The van der Waals surface area contributed by atoms with Crippen LogP contribution in [0, 0.1) is 0 Å². The van der Waals surface area contributed by atoms with E-state index < -0.39 is 0 Å². The minimum Gasteiger partial charge on any atom is -0.497 e. The highest BCUT2D eigenvalue weighted by molar-refractivity contribution is 5.82. The number of methoxy groups -OCH3 is 1. The number of carbonyl (C=O) groups excluding carboxylic acids is 1. The molecule has 1 atom stereocenters. The Morgan fingerprint density at radius 1 is 1.40 bits per heavy atom. The molecule has 2 heterocycles. The van der Waals surface area contributed by atoms with E-state index in [2.05, 4.69) is 4.98 Å². The van der Waals surface area contributed by atoms with Crippen LogP contribution in [0.1, 0.15) is 31.7 Å². The molecule has 0 bridgehead atoms. The molecular formula is C19H24N2O4. The zero-order chi connectivity index (χ0) is 17.8. The van der Waals surface area contributed by atoms with E-state index in [-0.39, 0.29) is 24.1 Å². The zero-order valence-electron chi connectivity index (χ0n) is 14.7. The number of H-pyrrole nitrogens is 1. The third-order valence-electron chi connectivity index (χ3n) is 4.50. The van der Waals surface area contributed by atoms with E-state index >= 15 is 0 Å². The fraction of sp³-hybridized carbons (Fsp3) is 0.474. The second-order valence-corrected chi connectivity index (χ2v) is 6.34. The van der Waals surface area contributed by atoms with Crippen molar-refractivity contribution in [2.24, 2.45) is 0 Å². The lowest BCUT2D eigenvalue weighted by Crippen LogP contribution is -2.40. The molecule has 6 heteroatoms. The van der Waals surface area contributed by atoms with Crippen molar-refractivity contribution in [3.63, 3.8) is 0 Å². The molecule has 1 aromatic heterocycles. The Balaban J connectivity index is 1.88. The Bertz CT molecular complexity index is 809. The van der Waals surface area contributed by atoms with Crippen LogP contribution in [0.15, 0.2) is 29.1 Å². The lowest BCUT2D eigenvalue weighted by atomic mass is 10.1. The van der Waals surface area contributed by atoms with E-state index in [1.165, 1.54) is 0 Å². The molecule has 0 spiro atoms. The first kappa shape index (κ1) is 17.5. The lowest BCUT2D eigenvalue weighted by molar-refractivity contribution is -0.141. The summed E-state index contributed by atoms with van der Waals surface area (Å²) in [5.74, 6) is 0.704. The molecule has 134 valence electrons. The number of carbonyl (C=O) groups is 1. The number of amides is 1. The molecule has 1 aliphatic rings. The van der Waals surface area contributed by atoms with Gasteiger partial charge in [0.15, 0.2) is 0 Å². The zero-order valence-corrected chi connectivity index (χ0v) is 14.7. The number of pyridine rings is 1. The lowest BCUT2D eigenvalue weighted by Gasteiger charge is -2.24. The monoisotopic (exact) mass is 344 g/mol. The summed E-state index contributed by atoms with van der Waals surface area (Å²) in [5, 5.41) is 0.884. The SMILES string of the molecule is CCCN(Cc1cc2cc(OC)ccc2[nH]c1=O)C(=O)[C@H]1CCCO1. The van der Waals surface area contributed by atoms with Crippen molar-refractivity contribution < 1.29 is 14.3 Å². The summed E-state index contributed by atoms with van der Waals surface area (Å²) >= 11 is 0. The summed E-state index contributed by atoms with van der Waals surface area (Å²) < 4.78 is 10.8. The average Bonchev–Trinajstić information content (AvgIpc) is 3.15. The molecule has 3 rings (SSSR count). The predicted molar refractivity (Wildman–Crippen MR) is 95.8 cm³/mol. The third-order valence-corrected chi connectivity index (χ3v) is 4.50. The van der Waals surface area contributed by atoms with Crippen LogP contribution < -0.4 is 10.3 Å². The first-order valence-corrected chi connectivity index (χ1v) is 8.72. The van der Waals surface area contributed by atoms with E-state index in [0.717, 1.165) is 35.9 Å². The normalized spacial score (nSPS) is 17.0. The molecule has 0 radical (unpaired) electrons. The highest BCUT2D eigenvalue weighted by Crippen LogP contribution is 2.20. The van der Waals surface area contributed by atoms with Crippen LogP contribution in [0.2, 0.25) is 0 Å². The number of hydrogen-bond donors (Lipinski definition) is 1. The van der Waals surface area contributed by atoms with Gasteiger partial charge in [-0.3, -0.25) is 9.59 Å². The van der Waals surface area contributed by atoms with Crippen LogP contribution >= 0.6 is 0 Å². The summed E-state index contributed by atoms with van der Waals surface area (Å²) in [6, 6.07) is 7.34. The highest BCUT2D eigenvalue weighted by Gasteiger charge is 2.28. The summed E-state index contributed by atoms with van der Waals surface area (Å²) in [7, 11) is 1.61. The van der Waals surface area contributed by atoms with Crippen molar-refractivity contribution in [3.8, 4) is 5.75 Å². The van der Waals surface area contributed by atoms with Gasteiger partial charge >= 0.3 is 0 Å². The molecule has 1 saturated heterocycles. The van der Waals surface area contributed by atoms with Gasteiger partial charge in [0, 0.05) is 29.6 Å². The summed E-state index contributed by atoms with van der Waals surface area (Å²) in [4.78, 5) is 29.7. The smallest absolute Gasteiger partial charge is 0.253 e. The van der Waals surface area contributed by atoms with E-state index in [1.807, 2.05) is 31.2 Å². The molecule has 6 nitrogen and oxygen atoms in total. The van der Waals surface area contributed by atoms with Crippen molar-refractivity contribution in [1.29, 1.82) is 0 Å². The van der Waals surface area contributed by atoms with Crippen LogP contribution in [0.4, 0.5) is 0 Å². The Kier molecular flexibility index (Phi) is 5.38. The van der Waals surface area contributed by atoms with Gasteiger partial charge in [-0.1, -0.05) is 6.92 Å². The number of ether oxygens (including phenoxy) is 2. The molecule has 25 heavy (non-hydrogen) atoms. The average molecular weight is 344 g/mol. The first-order chi connectivity index (χ1) is 12.1. The van der Waals surface area contributed by atoms with Gasteiger partial charge in [0.1, 0.15) is 11.9 Å². The molecule has 2 aromatic rings. The van der Waals surface area contributed by atoms with Gasteiger partial charge < -0.3 is 19.4 Å². The number of hydrogen-bond acceptors (Lipinski definition) is 4. The second-order valence-electron chi connectivity index (χ2n) is 6.34. The fourth-order valence-corrected chi connectivity index (χ4v) is 3.19. The van der Waals surface area contributed by atoms with Gasteiger partial charge in [0.2, 0.25) is 0 Å². The molecule has 0 unspecified atom stereocenters. The second kappa shape index (κ2) is 7.70. The van der Waals surface area contributed by atoms with Crippen molar-refractivity contribution in [1.82, 2.24) is 9.88 Å². The number of nitrogens with one attached hydrogen (secondary N) is 1. The standard InChI is InChI=1S/C19H24N2O4/c1-3-8-21(19(23)17-5-4-9-25-17)12-14-10-13-11-15(24-2)6-7-16(13)20-18(14)22/h6-7,10-11,17H,3-5,8-9,12H2,1-2H3,(H,20,22)/t17-/m1/s1. The highest BCUT2D eigenvalue weighted by atomic mass is 16.5. The fourth-order valence-electron chi connectivity index (χ4n) is 3.19. The van der Waals surface area contributed by atoms with Crippen LogP contribution in [0.5, 0.6) is 5.75 Å². The number of aromatic amines is 1. The Hall–Kier alpha value is -2.34. The molecular weight excluding hydrogens is 320 g/mol. The molecule has 1 aliphatic heterocycles. The van der Waals surface area contributed by atoms with Gasteiger partial charge in [0.05, 0.1) is 13.7 Å². The number of aromatic nitrogens is 1. The Morgan fingerprint density at radius 2 is 2.24 bits per heavy atom.